The minimum Gasteiger partial charge on any atom is -0.347 e. The van der Waals surface area contributed by atoms with Gasteiger partial charge in [0.15, 0.2) is 12.3 Å². The van der Waals surface area contributed by atoms with Crippen LogP contribution in [0, 0.1) is 0 Å². The minimum atomic E-state index is -2.76. The second-order valence-corrected chi connectivity index (χ2v) is 11.0. The van der Waals surface area contributed by atoms with Crippen LogP contribution in [0.3, 0.4) is 0 Å². The standard InChI is InChI=1S/C11H20ClO3P/c1-9(2)7-11(14-5-6-15-11)8-10(3,4)16(9,12)13/h5-8H2,1-4H3. The van der Waals surface area contributed by atoms with Crippen molar-refractivity contribution in [1.82, 2.24) is 0 Å². The average molecular weight is 267 g/mol. The summed E-state index contributed by atoms with van der Waals surface area (Å²) in [6.07, 6.45) is 1.23. The van der Waals surface area contributed by atoms with E-state index in [4.69, 9.17) is 20.7 Å². The van der Waals surface area contributed by atoms with E-state index < -0.39 is 22.6 Å². The number of halogens is 1. The highest BCUT2D eigenvalue weighted by atomic mass is 35.7. The highest BCUT2D eigenvalue weighted by Crippen LogP contribution is 2.77. The smallest absolute Gasteiger partial charge is 0.180 e. The number of hydrogen-bond acceptors (Lipinski definition) is 3. The van der Waals surface area contributed by atoms with E-state index in [0.29, 0.717) is 26.1 Å². The molecular weight excluding hydrogens is 247 g/mol. The summed E-state index contributed by atoms with van der Waals surface area (Å²) >= 11 is 6.36. The third-order valence-electron chi connectivity index (χ3n) is 3.77. The zero-order valence-corrected chi connectivity index (χ0v) is 12.0. The van der Waals surface area contributed by atoms with Crippen molar-refractivity contribution in [3.63, 3.8) is 0 Å². The summed E-state index contributed by atoms with van der Waals surface area (Å²) < 4.78 is 24.2. The van der Waals surface area contributed by atoms with Gasteiger partial charge in [0, 0.05) is 23.2 Å². The fourth-order valence-electron chi connectivity index (χ4n) is 3.10. The maximum atomic E-state index is 12.7. The van der Waals surface area contributed by atoms with Gasteiger partial charge in [-0.2, -0.15) is 0 Å². The zero-order valence-electron chi connectivity index (χ0n) is 10.4. The van der Waals surface area contributed by atoms with Crippen LogP contribution in [-0.4, -0.2) is 29.3 Å². The van der Waals surface area contributed by atoms with Crippen molar-refractivity contribution in [3.05, 3.63) is 0 Å². The van der Waals surface area contributed by atoms with E-state index >= 15 is 0 Å². The van der Waals surface area contributed by atoms with Gasteiger partial charge in [0.1, 0.15) is 0 Å². The van der Waals surface area contributed by atoms with Gasteiger partial charge in [-0.3, -0.25) is 0 Å². The summed E-state index contributed by atoms with van der Waals surface area (Å²) in [5.74, 6) is -0.560. The molecule has 0 aromatic heterocycles. The van der Waals surface area contributed by atoms with E-state index in [2.05, 4.69) is 0 Å². The highest BCUT2D eigenvalue weighted by Gasteiger charge is 2.62. The molecule has 3 nitrogen and oxygen atoms in total. The van der Waals surface area contributed by atoms with Gasteiger partial charge in [0.25, 0.3) is 0 Å². The average Bonchev–Trinajstić information content (AvgIpc) is 2.48. The second-order valence-electron chi connectivity index (χ2n) is 6.12. The zero-order chi connectivity index (χ0) is 12.2. The van der Waals surface area contributed by atoms with Crippen LogP contribution in [0.1, 0.15) is 40.5 Å². The van der Waals surface area contributed by atoms with E-state index in [0.717, 1.165) is 0 Å². The molecule has 2 rings (SSSR count). The summed E-state index contributed by atoms with van der Waals surface area (Å²) in [5.41, 5.74) is 0. The molecule has 0 aromatic carbocycles. The fraction of sp³-hybridized carbons (Fsp3) is 1.00. The number of ether oxygens (including phenoxy) is 2. The fourth-order valence-corrected chi connectivity index (χ4v) is 5.99. The Morgan fingerprint density at radius 2 is 1.38 bits per heavy atom. The normalized spacial score (nSPS) is 34.1. The molecule has 2 aliphatic rings. The molecule has 0 amide bonds. The van der Waals surface area contributed by atoms with Crippen molar-refractivity contribution < 1.29 is 14.0 Å². The van der Waals surface area contributed by atoms with E-state index in [9.17, 15) is 4.57 Å². The summed E-state index contributed by atoms with van der Waals surface area (Å²) in [6.45, 7) is 6.30. The first-order chi connectivity index (χ1) is 7.12. The van der Waals surface area contributed by atoms with Crippen LogP contribution in [0.15, 0.2) is 0 Å². The van der Waals surface area contributed by atoms with E-state index in [1.54, 1.807) is 0 Å². The molecule has 0 aromatic rings. The maximum absolute atomic E-state index is 12.7. The first-order valence-corrected chi connectivity index (χ1v) is 8.31. The molecular formula is C11H20ClO3P. The first kappa shape index (κ1) is 12.9. The van der Waals surface area contributed by atoms with E-state index in [1.165, 1.54) is 0 Å². The Labute approximate surface area is 102 Å². The molecule has 1 spiro atoms. The molecule has 0 N–H and O–H groups in total. The summed E-state index contributed by atoms with van der Waals surface area (Å²) in [7, 11) is 0. The number of hydrogen-bond donors (Lipinski definition) is 0. The Balaban J connectivity index is 2.40. The lowest BCUT2D eigenvalue weighted by molar-refractivity contribution is -0.179. The van der Waals surface area contributed by atoms with Gasteiger partial charge in [0.05, 0.1) is 13.2 Å². The summed E-state index contributed by atoms with van der Waals surface area (Å²) in [4.78, 5) is 0. The first-order valence-electron chi connectivity index (χ1n) is 5.70. The molecule has 0 radical (unpaired) electrons. The predicted octanol–water partition coefficient (Wildman–Crippen LogP) is 3.60. The summed E-state index contributed by atoms with van der Waals surface area (Å²) in [5, 5.41) is -0.888. The Hall–Kier alpha value is 0.440. The van der Waals surface area contributed by atoms with Gasteiger partial charge < -0.3 is 14.0 Å². The largest absolute Gasteiger partial charge is 0.347 e. The molecule has 0 aliphatic carbocycles. The van der Waals surface area contributed by atoms with Crippen LogP contribution in [-0.2, 0) is 14.0 Å². The van der Waals surface area contributed by atoms with Gasteiger partial charge in [-0.05, 0) is 0 Å². The molecule has 2 aliphatic heterocycles. The third-order valence-corrected chi connectivity index (χ3v) is 9.95. The predicted molar refractivity (Wildman–Crippen MR) is 65.5 cm³/mol. The monoisotopic (exact) mass is 266 g/mol. The molecule has 2 saturated heterocycles. The van der Waals surface area contributed by atoms with Crippen LogP contribution in [0.5, 0.6) is 0 Å². The molecule has 5 heteroatoms. The molecule has 16 heavy (non-hydrogen) atoms. The van der Waals surface area contributed by atoms with Crippen molar-refractivity contribution in [2.75, 3.05) is 13.2 Å². The van der Waals surface area contributed by atoms with Crippen LogP contribution in [0.25, 0.3) is 0 Å². The van der Waals surface area contributed by atoms with Gasteiger partial charge in [-0.15, -0.1) is 0 Å². The van der Waals surface area contributed by atoms with Crippen molar-refractivity contribution in [3.8, 4) is 0 Å². The van der Waals surface area contributed by atoms with Crippen LogP contribution < -0.4 is 0 Å². The van der Waals surface area contributed by atoms with Gasteiger partial charge in [0.2, 0.25) is 0 Å². The molecule has 2 heterocycles. The van der Waals surface area contributed by atoms with Crippen LogP contribution >= 0.6 is 17.7 Å². The van der Waals surface area contributed by atoms with Crippen LogP contribution in [0.4, 0.5) is 0 Å². The topological polar surface area (TPSA) is 35.5 Å². The molecule has 0 atom stereocenters. The van der Waals surface area contributed by atoms with E-state index in [-0.39, 0.29) is 0 Å². The third kappa shape index (κ3) is 1.68. The van der Waals surface area contributed by atoms with Crippen molar-refractivity contribution >= 4 is 17.7 Å². The number of rotatable bonds is 0. The summed E-state index contributed by atoms with van der Waals surface area (Å²) in [6, 6.07) is 0. The van der Waals surface area contributed by atoms with Gasteiger partial charge >= 0.3 is 0 Å². The Bertz CT molecular complexity index is 321. The molecule has 94 valence electrons. The van der Waals surface area contributed by atoms with Crippen molar-refractivity contribution in [2.24, 2.45) is 0 Å². The molecule has 0 bridgehead atoms. The lowest BCUT2D eigenvalue weighted by Crippen LogP contribution is -2.50. The minimum absolute atomic E-state index is 0.444. The van der Waals surface area contributed by atoms with Gasteiger partial charge in [-0.1, -0.05) is 38.9 Å². The highest BCUT2D eigenvalue weighted by molar-refractivity contribution is 7.91. The van der Waals surface area contributed by atoms with Crippen molar-refractivity contribution in [2.45, 2.75) is 56.6 Å². The molecule has 0 unspecified atom stereocenters. The lowest BCUT2D eigenvalue weighted by atomic mass is 9.92. The Morgan fingerprint density at radius 3 is 1.75 bits per heavy atom. The Kier molecular flexibility index (Phi) is 2.80. The SMILES string of the molecule is CC1(C)CC2(CC(C)(C)P1(=O)Cl)OCCO2. The van der Waals surface area contributed by atoms with Crippen LogP contribution in [0.2, 0.25) is 0 Å². The Morgan fingerprint density at radius 1 is 1.00 bits per heavy atom. The lowest BCUT2D eigenvalue weighted by Gasteiger charge is -2.51. The van der Waals surface area contributed by atoms with Crippen molar-refractivity contribution in [1.29, 1.82) is 0 Å². The maximum Gasteiger partial charge on any atom is 0.180 e. The quantitative estimate of drug-likeness (QED) is 0.629. The molecule has 2 fully saturated rings. The molecule has 0 saturated carbocycles. The van der Waals surface area contributed by atoms with E-state index in [1.807, 2.05) is 27.7 Å². The van der Waals surface area contributed by atoms with Gasteiger partial charge in [-0.25, -0.2) is 0 Å². The second kappa shape index (κ2) is 3.47.